The van der Waals surface area contributed by atoms with Gasteiger partial charge in [-0.15, -0.1) is 0 Å². The molecule has 0 radical (unpaired) electrons. The molecule has 0 aromatic rings. The molecule has 11 heavy (non-hydrogen) atoms. The highest BCUT2D eigenvalue weighted by Crippen LogP contribution is 2.23. The van der Waals surface area contributed by atoms with Crippen molar-refractivity contribution in [2.75, 3.05) is 33.4 Å². The number of morpholine rings is 1. The number of ether oxygens (including phenoxy) is 1. The van der Waals surface area contributed by atoms with Gasteiger partial charge in [-0.05, 0) is 0 Å². The second-order valence-electron chi connectivity index (χ2n) is 2.09. The van der Waals surface area contributed by atoms with Gasteiger partial charge in [0.05, 0.1) is 13.2 Å². The molecule has 1 atom stereocenters. The summed E-state index contributed by atoms with van der Waals surface area (Å²) in [7, 11) is -0.945. The standard InChI is InChI=1S/C5H12NO4P/c1-8-11(7)10-6-2-4-9-5-3-6/h11H,2-5H2,1H3. The molecule has 0 aromatic carbocycles. The van der Waals surface area contributed by atoms with Crippen LogP contribution in [0.25, 0.3) is 0 Å². The maximum Gasteiger partial charge on any atom is 0.335 e. The summed E-state index contributed by atoms with van der Waals surface area (Å²) in [5, 5.41) is 1.61. The van der Waals surface area contributed by atoms with Crippen LogP contribution >= 0.6 is 8.25 Å². The van der Waals surface area contributed by atoms with Gasteiger partial charge in [-0.3, -0.25) is 4.57 Å². The fourth-order valence-corrected chi connectivity index (χ4v) is 1.25. The van der Waals surface area contributed by atoms with E-state index in [1.54, 1.807) is 5.06 Å². The quantitative estimate of drug-likeness (QED) is 0.585. The molecule has 0 bridgehead atoms. The topological polar surface area (TPSA) is 48.0 Å². The largest absolute Gasteiger partial charge is 0.379 e. The van der Waals surface area contributed by atoms with E-state index >= 15 is 0 Å². The van der Waals surface area contributed by atoms with Crippen LogP contribution in [0.5, 0.6) is 0 Å². The van der Waals surface area contributed by atoms with Gasteiger partial charge in [0.25, 0.3) is 0 Å². The van der Waals surface area contributed by atoms with Crippen molar-refractivity contribution in [2.24, 2.45) is 0 Å². The molecule has 6 heteroatoms. The van der Waals surface area contributed by atoms with E-state index in [9.17, 15) is 4.57 Å². The summed E-state index contributed by atoms with van der Waals surface area (Å²) in [4.78, 5) is 0. The minimum Gasteiger partial charge on any atom is -0.379 e. The predicted octanol–water partition coefficient (Wildman–Crippen LogP) is 0.286. The average Bonchev–Trinajstić information content (AvgIpc) is 2.06. The molecule has 0 saturated carbocycles. The third kappa shape index (κ3) is 3.31. The molecule has 1 fully saturated rings. The molecule has 0 amide bonds. The van der Waals surface area contributed by atoms with Crippen LogP contribution in [-0.2, 0) is 18.5 Å². The fraction of sp³-hybridized carbons (Fsp3) is 1.00. The van der Waals surface area contributed by atoms with Crippen LogP contribution in [0.2, 0.25) is 0 Å². The van der Waals surface area contributed by atoms with Crippen LogP contribution in [0, 0.1) is 0 Å². The number of hydrogen-bond acceptors (Lipinski definition) is 5. The SMILES string of the molecule is CO[PH](=O)ON1CCOCC1. The molecule has 0 spiro atoms. The first-order valence-electron chi connectivity index (χ1n) is 3.41. The van der Waals surface area contributed by atoms with Crippen LogP contribution in [0.4, 0.5) is 0 Å². The van der Waals surface area contributed by atoms with Gasteiger partial charge >= 0.3 is 8.25 Å². The minimum atomic E-state index is -2.31. The zero-order valence-corrected chi connectivity index (χ0v) is 7.41. The third-order valence-electron chi connectivity index (χ3n) is 1.34. The van der Waals surface area contributed by atoms with Crippen LogP contribution in [-0.4, -0.2) is 38.5 Å². The number of hydroxylamine groups is 2. The molecular weight excluding hydrogens is 169 g/mol. The van der Waals surface area contributed by atoms with E-state index < -0.39 is 8.25 Å². The lowest BCUT2D eigenvalue weighted by atomic mass is 10.5. The molecule has 1 aliphatic heterocycles. The Balaban J connectivity index is 2.19. The zero-order valence-electron chi connectivity index (χ0n) is 6.41. The van der Waals surface area contributed by atoms with Gasteiger partial charge in [0.1, 0.15) is 0 Å². The zero-order chi connectivity index (χ0) is 8.10. The first kappa shape index (κ1) is 9.16. The summed E-state index contributed by atoms with van der Waals surface area (Å²) in [5.41, 5.74) is 0. The van der Waals surface area contributed by atoms with E-state index in [1.807, 2.05) is 0 Å². The molecule has 1 unspecified atom stereocenters. The van der Waals surface area contributed by atoms with E-state index in [4.69, 9.17) is 9.36 Å². The Labute approximate surface area is 66.1 Å². The minimum absolute atomic E-state index is 0.624. The van der Waals surface area contributed by atoms with Crippen molar-refractivity contribution < 1.29 is 18.5 Å². The van der Waals surface area contributed by atoms with Crippen molar-refractivity contribution >= 4 is 8.25 Å². The molecule has 1 heterocycles. The number of rotatable bonds is 3. The lowest BCUT2D eigenvalue weighted by molar-refractivity contribution is -0.120. The molecule has 1 rings (SSSR count). The van der Waals surface area contributed by atoms with Crippen LogP contribution in [0.1, 0.15) is 0 Å². The van der Waals surface area contributed by atoms with Crippen molar-refractivity contribution in [3.8, 4) is 0 Å². The van der Waals surface area contributed by atoms with Gasteiger partial charge < -0.3 is 9.26 Å². The van der Waals surface area contributed by atoms with Gasteiger partial charge in [0.2, 0.25) is 0 Å². The van der Waals surface area contributed by atoms with Gasteiger partial charge in [-0.25, -0.2) is 4.62 Å². The lowest BCUT2D eigenvalue weighted by Crippen LogP contribution is -2.34. The van der Waals surface area contributed by atoms with E-state index in [2.05, 4.69) is 4.52 Å². The summed E-state index contributed by atoms with van der Waals surface area (Å²) >= 11 is 0. The Morgan fingerprint density at radius 3 is 2.64 bits per heavy atom. The molecule has 0 aliphatic carbocycles. The van der Waals surface area contributed by atoms with Crippen LogP contribution in [0.3, 0.4) is 0 Å². The molecular formula is C5H12NO4P. The van der Waals surface area contributed by atoms with Gasteiger partial charge in [0.15, 0.2) is 0 Å². The summed E-state index contributed by atoms with van der Waals surface area (Å²) < 4.78 is 25.2. The van der Waals surface area contributed by atoms with E-state index in [1.165, 1.54) is 7.11 Å². The van der Waals surface area contributed by atoms with E-state index in [0.717, 1.165) is 0 Å². The Kier molecular flexibility index (Phi) is 4.04. The van der Waals surface area contributed by atoms with Crippen LogP contribution < -0.4 is 0 Å². The Morgan fingerprint density at radius 2 is 2.09 bits per heavy atom. The highest BCUT2D eigenvalue weighted by Gasteiger charge is 2.12. The van der Waals surface area contributed by atoms with Crippen molar-refractivity contribution in [3.63, 3.8) is 0 Å². The monoisotopic (exact) mass is 181 g/mol. The van der Waals surface area contributed by atoms with Gasteiger partial charge in [-0.1, -0.05) is 0 Å². The Bertz CT molecular complexity index is 136. The molecule has 5 nitrogen and oxygen atoms in total. The first-order valence-corrected chi connectivity index (χ1v) is 4.64. The molecule has 1 saturated heterocycles. The van der Waals surface area contributed by atoms with Crippen molar-refractivity contribution in [3.05, 3.63) is 0 Å². The fourth-order valence-electron chi connectivity index (χ4n) is 0.781. The van der Waals surface area contributed by atoms with Crippen molar-refractivity contribution in [1.29, 1.82) is 0 Å². The highest BCUT2D eigenvalue weighted by atomic mass is 31.1. The van der Waals surface area contributed by atoms with E-state index in [-0.39, 0.29) is 0 Å². The highest BCUT2D eigenvalue weighted by molar-refractivity contribution is 7.33. The second kappa shape index (κ2) is 4.85. The molecule has 0 N–H and O–H groups in total. The number of hydrogen-bond donors (Lipinski definition) is 0. The summed E-state index contributed by atoms with van der Waals surface area (Å²) in [5.74, 6) is 0. The molecule has 0 aromatic heterocycles. The van der Waals surface area contributed by atoms with Gasteiger partial charge in [0, 0.05) is 20.2 Å². The first-order chi connectivity index (χ1) is 5.33. The summed E-state index contributed by atoms with van der Waals surface area (Å²) in [6, 6.07) is 0. The second-order valence-corrected chi connectivity index (χ2v) is 3.18. The smallest absolute Gasteiger partial charge is 0.335 e. The van der Waals surface area contributed by atoms with E-state index in [0.29, 0.717) is 26.3 Å². The number of nitrogens with zero attached hydrogens (tertiary/aromatic N) is 1. The van der Waals surface area contributed by atoms with Crippen molar-refractivity contribution in [2.45, 2.75) is 0 Å². The third-order valence-corrected chi connectivity index (χ3v) is 2.08. The van der Waals surface area contributed by atoms with Gasteiger partial charge in [-0.2, -0.15) is 5.06 Å². The normalized spacial score (nSPS) is 23.4. The van der Waals surface area contributed by atoms with Crippen LogP contribution in [0.15, 0.2) is 0 Å². The average molecular weight is 181 g/mol. The molecule has 66 valence electrons. The maximum absolute atomic E-state index is 10.7. The predicted molar refractivity (Wildman–Crippen MR) is 39.5 cm³/mol. The lowest BCUT2D eigenvalue weighted by Gasteiger charge is -2.24. The summed E-state index contributed by atoms with van der Waals surface area (Å²) in [6.45, 7) is 2.55. The molecule has 1 aliphatic rings. The maximum atomic E-state index is 10.7. The Morgan fingerprint density at radius 1 is 1.45 bits per heavy atom. The summed E-state index contributed by atoms with van der Waals surface area (Å²) in [6.07, 6.45) is 0. The van der Waals surface area contributed by atoms with Crippen molar-refractivity contribution in [1.82, 2.24) is 5.06 Å². The Hall–Kier alpha value is 0.0700.